The number of ether oxygens (including phenoxy) is 1. The predicted molar refractivity (Wildman–Crippen MR) is 84.1 cm³/mol. The van der Waals surface area contributed by atoms with E-state index in [1.807, 2.05) is 17.9 Å². The van der Waals surface area contributed by atoms with Crippen LogP contribution in [-0.2, 0) is 6.54 Å². The Morgan fingerprint density at radius 2 is 2.05 bits per heavy atom. The first-order chi connectivity index (χ1) is 9.32. The van der Waals surface area contributed by atoms with E-state index >= 15 is 0 Å². The lowest BCUT2D eigenvalue weighted by molar-refractivity contribution is 0.273. The largest absolute Gasteiger partial charge is 0.493 e. The minimum Gasteiger partial charge on any atom is -0.493 e. The number of aromatic nitrogens is 2. The first-order valence-electron chi connectivity index (χ1n) is 7.59. The van der Waals surface area contributed by atoms with E-state index in [9.17, 15) is 0 Å². The molecule has 0 aliphatic carbocycles. The molecular weight excluding hydrogens is 250 g/mol. The SMILES string of the molecule is CCn1ncc(OC)c1C(CC(C)CC(C)(C)C)NC. The molecule has 1 aromatic heterocycles. The standard InChI is InChI=1S/C16H31N3O/c1-8-19-15(14(20-7)11-18-19)13(17-6)9-12(2)10-16(3,4)5/h11-13,17H,8-10H2,1-7H3. The van der Waals surface area contributed by atoms with E-state index in [2.05, 4.69) is 45.0 Å². The van der Waals surface area contributed by atoms with Gasteiger partial charge >= 0.3 is 0 Å². The second-order valence-corrected chi connectivity index (χ2v) is 6.86. The highest BCUT2D eigenvalue weighted by Crippen LogP contribution is 2.33. The van der Waals surface area contributed by atoms with E-state index in [1.54, 1.807) is 7.11 Å². The third-order valence-electron chi connectivity index (χ3n) is 3.64. The molecule has 2 unspecified atom stereocenters. The maximum absolute atomic E-state index is 5.47. The van der Waals surface area contributed by atoms with Gasteiger partial charge in [-0.3, -0.25) is 4.68 Å². The fraction of sp³-hybridized carbons (Fsp3) is 0.812. The summed E-state index contributed by atoms with van der Waals surface area (Å²) in [5, 5.41) is 7.84. The Labute approximate surface area is 123 Å². The zero-order valence-electron chi connectivity index (χ0n) is 14.2. The molecule has 0 saturated heterocycles. The van der Waals surface area contributed by atoms with Gasteiger partial charge < -0.3 is 10.1 Å². The normalized spacial score (nSPS) is 15.2. The molecule has 0 saturated carbocycles. The van der Waals surface area contributed by atoms with Crippen LogP contribution < -0.4 is 10.1 Å². The maximum atomic E-state index is 5.47. The molecule has 0 aliphatic heterocycles. The van der Waals surface area contributed by atoms with Crippen LogP contribution in [0.25, 0.3) is 0 Å². The van der Waals surface area contributed by atoms with Crippen molar-refractivity contribution in [2.75, 3.05) is 14.2 Å². The Bertz CT molecular complexity index is 385. The van der Waals surface area contributed by atoms with Crippen molar-refractivity contribution in [3.8, 4) is 5.75 Å². The second kappa shape index (κ2) is 7.11. The van der Waals surface area contributed by atoms with E-state index in [4.69, 9.17) is 4.74 Å². The summed E-state index contributed by atoms with van der Waals surface area (Å²) in [7, 11) is 3.73. The monoisotopic (exact) mass is 281 g/mol. The van der Waals surface area contributed by atoms with Crippen LogP contribution in [0, 0.1) is 11.3 Å². The molecule has 2 atom stereocenters. The summed E-state index contributed by atoms with van der Waals surface area (Å²) in [5.41, 5.74) is 1.53. The van der Waals surface area contributed by atoms with Crippen molar-refractivity contribution in [3.05, 3.63) is 11.9 Å². The number of nitrogens with zero attached hydrogens (tertiary/aromatic N) is 2. The maximum Gasteiger partial charge on any atom is 0.161 e. The van der Waals surface area contributed by atoms with Gasteiger partial charge in [0.25, 0.3) is 0 Å². The summed E-state index contributed by atoms with van der Waals surface area (Å²) in [4.78, 5) is 0. The van der Waals surface area contributed by atoms with Crippen molar-refractivity contribution in [1.82, 2.24) is 15.1 Å². The van der Waals surface area contributed by atoms with Gasteiger partial charge in [-0.25, -0.2) is 0 Å². The molecule has 0 aliphatic rings. The van der Waals surface area contributed by atoms with Crippen molar-refractivity contribution in [3.63, 3.8) is 0 Å². The first kappa shape index (κ1) is 17.0. The molecule has 0 radical (unpaired) electrons. The van der Waals surface area contributed by atoms with Gasteiger partial charge in [-0.15, -0.1) is 0 Å². The van der Waals surface area contributed by atoms with E-state index in [0.29, 0.717) is 11.3 Å². The molecule has 0 fully saturated rings. The fourth-order valence-corrected chi connectivity index (χ4v) is 3.04. The summed E-state index contributed by atoms with van der Waals surface area (Å²) in [6.45, 7) is 12.2. The van der Waals surface area contributed by atoms with Gasteiger partial charge in [-0.1, -0.05) is 27.7 Å². The smallest absolute Gasteiger partial charge is 0.161 e. The molecular formula is C16H31N3O. The molecule has 0 aromatic carbocycles. The van der Waals surface area contributed by atoms with Crippen molar-refractivity contribution < 1.29 is 4.74 Å². The lowest BCUT2D eigenvalue weighted by Crippen LogP contribution is -2.24. The summed E-state index contributed by atoms with van der Waals surface area (Å²) in [6, 6.07) is 0.282. The molecule has 0 bridgehead atoms. The topological polar surface area (TPSA) is 39.1 Å². The van der Waals surface area contributed by atoms with Gasteiger partial charge in [-0.2, -0.15) is 5.10 Å². The van der Waals surface area contributed by atoms with Gasteiger partial charge in [0.05, 0.1) is 25.0 Å². The number of hydrogen-bond acceptors (Lipinski definition) is 3. The highest BCUT2D eigenvalue weighted by molar-refractivity contribution is 5.28. The van der Waals surface area contributed by atoms with Crippen LogP contribution in [0.4, 0.5) is 0 Å². The molecule has 1 rings (SSSR count). The van der Waals surface area contributed by atoms with Crippen molar-refractivity contribution in [1.29, 1.82) is 0 Å². The number of aryl methyl sites for hydroxylation is 1. The minimum absolute atomic E-state index is 0.282. The lowest BCUT2D eigenvalue weighted by atomic mass is 9.82. The summed E-state index contributed by atoms with van der Waals surface area (Å²) < 4.78 is 7.50. The van der Waals surface area contributed by atoms with Crippen molar-refractivity contribution in [2.45, 2.75) is 60.0 Å². The molecule has 116 valence electrons. The van der Waals surface area contributed by atoms with Gasteiger partial charge in [0.2, 0.25) is 0 Å². The fourth-order valence-electron chi connectivity index (χ4n) is 3.04. The number of hydrogen-bond donors (Lipinski definition) is 1. The van der Waals surface area contributed by atoms with Gasteiger partial charge in [-0.05, 0) is 38.1 Å². The number of nitrogens with one attached hydrogen (secondary N) is 1. The van der Waals surface area contributed by atoms with Crippen LogP contribution in [0.5, 0.6) is 5.75 Å². The molecule has 20 heavy (non-hydrogen) atoms. The van der Waals surface area contributed by atoms with E-state index in [-0.39, 0.29) is 6.04 Å². The van der Waals surface area contributed by atoms with Crippen molar-refractivity contribution >= 4 is 0 Å². The average molecular weight is 281 g/mol. The molecule has 0 spiro atoms. The number of methoxy groups -OCH3 is 1. The summed E-state index contributed by atoms with van der Waals surface area (Å²) in [5.74, 6) is 1.53. The van der Waals surface area contributed by atoms with Gasteiger partial charge in [0.1, 0.15) is 0 Å². The quantitative estimate of drug-likeness (QED) is 0.829. The zero-order valence-corrected chi connectivity index (χ0v) is 14.2. The minimum atomic E-state index is 0.282. The first-order valence-corrected chi connectivity index (χ1v) is 7.59. The molecule has 1 aromatic rings. The summed E-state index contributed by atoms with van der Waals surface area (Å²) >= 11 is 0. The molecule has 0 amide bonds. The van der Waals surface area contributed by atoms with E-state index < -0.39 is 0 Å². The van der Waals surface area contributed by atoms with Crippen LogP contribution in [0.1, 0.15) is 59.2 Å². The third kappa shape index (κ3) is 4.51. The van der Waals surface area contributed by atoms with E-state index in [1.165, 1.54) is 12.1 Å². The highest BCUT2D eigenvalue weighted by atomic mass is 16.5. The van der Waals surface area contributed by atoms with Crippen LogP contribution in [-0.4, -0.2) is 23.9 Å². The Hall–Kier alpha value is -1.03. The Morgan fingerprint density at radius 1 is 1.40 bits per heavy atom. The van der Waals surface area contributed by atoms with Crippen LogP contribution >= 0.6 is 0 Å². The molecule has 1 heterocycles. The van der Waals surface area contributed by atoms with Gasteiger partial charge in [0, 0.05) is 6.54 Å². The van der Waals surface area contributed by atoms with Crippen molar-refractivity contribution in [2.24, 2.45) is 11.3 Å². The summed E-state index contributed by atoms with van der Waals surface area (Å²) in [6.07, 6.45) is 4.13. The second-order valence-electron chi connectivity index (χ2n) is 6.86. The lowest BCUT2D eigenvalue weighted by Gasteiger charge is -2.27. The Morgan fingerprint density at radius 3 is 2.50 bits per heavy atom. The highest BCUT2D eigenvalue weighted by Gasteiger charge is 2.24. The Balaban J connectivity index is 2.88. The zero-order chi connectivity index (χ0) is 15.3. The Kier molecular flexibility index (Phi) is 6.06. The average Bonchev–Trinajstić information content (AvgIpc) is 2.76. The molecule has 4 nitrogen and oxygen atoms in total. The van der Waals surface area contributed by atoms with E-state index in [0.717, 1.165) is 18.7 Å². The van der Waals surface area contributed by atoms with Crippen LogP contribution in [0.15, 0.2) is 6.20 Å². The third-order valence-corrected chi connectivity index (χ3v) is 3.64. The van der Waals surface area contributed by atoms with Crippen LogP contribution in [0.3, 0.4) is 0 Å². The number of rotatable bonds is 7. The predicted octanol–water partition coefficient (Wildman–Crippen LogP) is 3.63. The van der Waals surface area contributed by atoms with Gasteiger partial charge in [0.15, 0.2) is 5.75 Å². The van der Waals surface area contributed by atoms with Crippen LogP contribution in [0.2, 0.25) is 0 Å². The molecule has 1 N–H and O–H groups in total. The molecule has 4 heteroatoms.